The molecule has 0 saturated heterocycles. The van der Waals surface area contributed by atoms with Gasteiger partial charge in [0.2, 0.25) is 11.8 Å². The molecule has 9 aromatic rings. The molecule has 6 heteroatoms. The van der Waals surface area contributed by atoms with Gasteiger partial charge in [0.25, 0.3) is 0 Å². The maximum absolute atomic E-state index is 6.52. The van der Waals surface area contributed by atoms with Crippen LogP contribution in [0.4, 0.5) is 0 Å². The van der Waals surface area contributed by atoms with E-state index in [-0.39, 0.29) is 0 Å². The molecule has 0 amide bonds. The highest BCUT2D eigenvalue weighted by Gasteiger charge is 2.35. The Morgan fingerprint density at radius 1 is 0.538 bits per heavy atom. The smallest absolute Gasteiger partial charge is 0.248 e. The summed E-state index contributed by atoms with van der Waals surface area (Å²) in [7, 11) is 0. The lowest BCUT2D eigenvalue weighted by molar-refractivity contribution is 0.228. The third-order valence-corrected chi connectivity index (χ3v) is 11.2. The average molecular weight is 675 g/mol. The molecule has 0 N–H and O–H groups in total. The van der Waals surface area contributed by atoms with Crippen molar-refractivity contribution in [3.8, 4) is 40.0 Å². The molecule has 2 bridgehead atoms. The summed E-state index contributed by atoms with van der Waals surface area (Å²) in [6.45, 7) is 0.727. The minimum Gasteiger partial charge on any atom is -0.493 e. The molecule has 11 rings (SSSR count). The van der Waals surface area contributed by atoms with E-state index in [0.717, 1.165) is 62.8 Å². The molecule has 1 saturated carbocycles. The number of para-hydroxylation sites is 4. The van der Waals surface area contributed by atoms with Crippen LogP contribution in [0.2, 0.25) is 0 Å². The number of fused-ring (bicyclic) bond motifs is 8. The molecular formula is C46H34N4O2. The Labute approximate surface area is 300 Å². The Morgan fingerprint density at radius 2 is 1.08 bits per heavy atom. The van der Waals surface area contributed by atoms with E-state index in [9.17, 15) is 0 Å². The van der Waals surface area contributed by atoms with Gasteiger partial charge < -0.3 is 18.3 Å². The SMILES string of the molecule is C1=CC2CC1CC2COc1cccc(-c2nnc(-c3cc(-n4c5ccccc5c5ccccc54)cc(-n4c5ccccc5c5ccccc54)c3)o2)c1. The van der Waals surface area contributed by atoms with Crippen LogP contribution in [0.5, 0.6) is 5.75 Å². The zero-order valence-corrected chi connectivity index (χ0v) is 28.4. The molecule has 6 aromatic carbocycles. The van der Waals surface area contributed by atoms with Crippen molar-refractivity contribution in [2.24, 2.45) is 17.8 Å². The Balaban J connectivity index is 1.05. The maximum Gasteiger partial charge on any atom is 0.248 e. The summed E-state index contributed by atoms with van der Waals surface area (Å²) in [6.07, 6.45) is 7.24. The average Bonchev–Trinajstić information content (AvgIpc) is 4.04. The zero-order valence-electron chi connectivity index (χ0n) is 28.4. The van der Waals surface area contributed by atoms with Crippen LogP contribution in [0.25, 0.3) is 77.9 Å². The molecule has 2 aliphatic carbocycles. The molecule has 250 valence electrons. The van der Waals surface area contributed by atoms with Gasteiger partial charge in [-0.05, 0) is 91.3 Å². The van der Waals surface area contributed by atoms with Crippen molar-refractivity contribution in [3.05, 3.63) is 152 Å². The predicted octanol–water partition coefficient (Wildman–Crippen LogP) is 11.2. The van der Waals surface area contributed by atoms with Gasteiger partial charge in [-0.25, -0.2) is 0 Å². The van der Waals surface area contributed by atoms with Crippen LogP contribution in [0, 0.1) is 17.8 Å². The summed E-state index contributed by atoms with van der Waals surface area (Å²) in [5.41, 5.74) is 8.25. The number of ether oxygens (including phenoxy) is 1. The van der Waals surface area contributed by atoms with Crippen molar-refractivity contribution in [1.82, 2.24) is 19.3 Å². The fourth-order valence-electron chi connectivity index (χ4n) is 8.84. The molecule has 1 fully saturated rings. The van der Waals surface area contributed by atoms with Crippen molar-refractivity contribution in [2.75, 3.05) is 6.61 Å². The van der Waals surface area contributed by atoms with Gasteiger partial charge in [0.1, 0.15) is 5.75 Å². The minimum absolute atomic E-state index is 0.458. The molecule has 2 aliphatic rings. The molecule has 3 heterocycles. The number of benzene rings is 6. The third-order valence-electron chi connectivity index (χ3n) is 11.2. The molecule has 52 heavy (non-hydrogen) atoms. The van der Waals surface area contributed by atoms with Crippen LogP contribution in [0.1, 0.15) is 12.8 Å². The summed E-state index contributed by atoms with van der Waals surface area (Å²) >= 11 is 0. The van der Waals surface area contributed by atoms with Crippen molar-refractivity contribution in [3.63, 3.8) is 0 Å². The fraction of sp³-hybridized carbons (Fsp3) is 0.130. The summed E-state index contributed by atoms with van der Waals surface area (Å²) < 4.78 is 17.5. The third kappa shape index (κ3) is 4.64. The summed E-state index contributed by atoms with van der Waals surface area (Å²) in [5.74, 6) is 3.71. The quantitative estimate of drug-likeness (QED) is 0.158. The van der Waals surface area contributed by atoms with Gasteiger partial charge in [0.15, 0.2) is 0 Å². The van der Waals surface area contributed by atoms with Crippen molar-refractivity contribution >= 4 is 43.6 Å². The van der Waals surface area contributed by atoms with Crippen LogP contribution in [0.15, 0.2) is 156 Å². The van der Waals surface area contributed by atoms with Crippen LogP contribution < -0.4 is 4.74 Å². The number of rotatable bonds is 7. The molecular weight excluding hydrogens is 641 g/mol. The Hall–Kier alpha value is -6.40. The molecule has 6 nitrogen and oxygen atoms in total. The van der Waals surface area contributed by atoms with E-state index in [0.29, 0.717) is 23.6 Å². The molecule has 0 aliphatic heterocycles. The van der Waals surface area contributed by atoms with E-state index < -0.39 is 0 Å². The number of hydrogen-bond acceptors (Lipinski definition) is 4. The number of hydrogen-bond donors (Lipinski definition) is 0. The van der Waals surface area contributed by atoms with Crippen molar-refractivity contribution < 1.29 is 9.15 Å². The first-order chi connectivity index (χ1) is 25.7. The van der Waals surface area contributed by atoms with Crippen LogP contribution in [-0.4, -0.2) is 25.9 Å². The Bertz CT molecular complexity index is 2620. The lowest BCUT2D eigenvalue weighted by Gasteiger charge is -2.18. The van der Waals surface area contributed by atoms with E-state index in [1.807, 2.05) is 24.3 Å². The van der Waals surface area contributed by atoms with E-state index in [2.05, 4.69) is 147 Å². The lowest BCUT2D eigenvalue weighted by Crippen LogP contribution is -2.16. The highest BCUT2D eigenvalue weighted by Crippen LogP contribution is 2.44. The number of aromatic nitrogens is 4. The number of allylic oxidation sites excluding steroid dienone is 2. The predicted molar refractivity (Wildman–Crippen MR) is 208 cm³/mol. The van der Waals surface area contributed by atoms with Gasteiger partial charge in [-0.15, -0.1) is 10.2 Å². The highest BCUT2D eigenvalue weighted by molar-refractivity contribution is 6.10. The second-order valence-electron chi connectivity index (χ2n) is 14.3. The Kier molecular flexibility index (Phi) is 6.53. The standard InChI is InChI=1S/C46H34N4O2/c1-5-16-41-37(12-1)38-13-2-6-17-42(38)49(41)34-24-32(25-35(27-34)50-43-18-7-3-14-39(43)40-15-4-8-19-44(40)50)46-48-47-45(52-46)31-10-9-11-36(26-31)51-28-33-23-29-20-21-30(33)22-29/h1-21,24-27,29-30,33H,22-23,28H2. The van der Waals surface area contributed by atoms with Crippen molar-refractivity contribution in [2.45, 2.75) is 12.8 Å². The van der Waals surface area contributed by atoms with Gasteiger partial charge in [-0.3, -0.25) is 0 Å². The molecule has 0 spiro atoms. The first-order valence-corrected chi connectivity index (χ1v) is 18.1. The lowest BCUT2D eigenvalue weighted by atomic mass is 9.95. The topological polar surface area (TPSA) is 58.0 Å². The molecule has 0 radical (unpaired) electrons. The summed E-state index contributed by atoms with van der Waals surface area (Å²) in [4.78, 5) is 0. The second-order valence-corrected chi connectivity index (χ2v) is 14.3. The van der Waals surface area contributed by atoms with Gasteiger partial charge in [-0.1, -0.05) is 91.0 Å². The van der Waals surface area contributed by atoms with E-state index >= 15 is 0 Å². The van der Waals surface area contributed by atoms with Gasteiger partial charge >= 0.3 is 0 Å². The van der Waals surface area contributed by atoms with E-state index in [1.54, 1.807) is 0 Å². The molecule has 3 aromatic heterocycles. The molecule has 3 unspecified atom stereocenters. The Morgan fingerprint density at radius 3 is 1.60 bits per heavy atom. The minimum atomic E-state index is 0.458. The van der Waals surface area contributed by atoms with Gasteiger partial charge in [-0.2, -0.15) is 0 Å². The highest BCUT2D eigenvalue weighted by atomic mass is 16.5. The van der Waals surface area contributed by atoms with Crippen LogP contribution in [-0.2, 0) is 0 Å². The van der Waals surface area contributed by atoms with E-state index in [4.69, 9.17) is 9.15 Å². The van der Waals surface area contributed by atoms with Gasteiger partial charge in [0.05, 0.1) is 28.7 Å². The first kappa shape index (κ1) is 29.3. The monoisotopic (exact) mass is 674 g/mol. The summed E-state index contributed by atoms with van der Waals surface area (Å²) in [5, 5.41) is 14.0. The first-order valence-electron chi connectivity index (χ1n) is 18.1. The fourth-order valence-corrected chi connectivity index (χ4v) is 8.84. The van der Waals surface area contributed by atoms with Crippen LogP contribution in [0.3, 0.4) is 0 Å². The van der Waals surface area contributed by atoms with Crippen LogP contribution >= 0.6 is 0 Å². The van der Waals surface area contributed by atoms with E-state index in [1.165, 1.54) is 34.4 Å². The largest absolute Gasteiger partial charge is 0.493 e. The summed E-state index contributed by atoms with van der Waals surface area (Å²) in [6, 6.07) is 49.0. The zero-order chi connectivity index (χ0) is 34.2. The second kappa shape index (κ2) is 11.6. The van der Waals surface area contributed by atoms with Gasteiger partial charge in [0, 0.05) is 44.0 Å². The maximum atomic E-state index is 6.52. The normalized spacial score (nSPS) is 18.0. The number of nitrogens with zero attached hydrogens (tertiary/aromatic N) is 4. The van der Waals surface area contributed by atoms with Crippen molar-refractivity contribution in [1.29, 1.82) is 0 Å². The molecule has 3 atom stereocenters.